The maximum Gasteiger partial charge on any atom is 0.246 e. The molecule has 0 fully saturated rings. The maximum atomic E-state index is 13.3. The van der Waals surface area contributed by atoms with E-state index in [-0.39, 0.29) is 24.0 Å². The number of aromatic nitrogens is 2. The minimum atomic E-state index is -2.81. The lowest BCUT2D eigenvalue weighted by atomic mass is 9.98. The Morgan fingerprint density at radius 2 is 1.82 bits per heavy atom. The largest absolute Gasteiger partial charge is 0.493 e. The predicted octanol–water partition coefficient (Wildman–Crippen LogP) is 4.86. The summed E-state index contributed by atoms with van der Waals surface area (Å²) < 4.78 is 56.7. The average molecular weight is 460 g/mol. The number of aryl methyl sites for hydroxylation is 1. The summed E-state index contributed by atoms with van der Waals surface area (Å²) in [4.78, 5) is 19.5. The molecule has 3 heterocycles. The van der Waals surface area contributed by atoms with Gasteiger partial charge >= 0.3 is 0 Å². The third-order valence-corrected chi connectivity index (χ3v) is 6.23. The van der Waals surface area contributed by atoms with E-state index in [0.29, 0.717) is 18.5 Å². The number of rotatable bonds is 5. The van der Waals surface area contributed by atoms with Crippen LogP contribution in [-0.2, 0) is 24.8 Å². The third kappa shape index (κ3) is 3.81. The van der Waals surface area contributed by atoms with E-state index in [1.54, 1.807) is 17.2 Å². The molecule has 2 aromatic heterocycles. The molecule has 6 heteroatoms. The Bertz CT molecular complexity index is 1590. The Morgan fingerprint density at radius 1 is 1.06 bits per heavy atom. The fraction of sp³-hybridized carbons (Fsp3) is 0.214. The molecule has 1 aliphatic rings. The van der Waals surface area contributed by atoms with Crippen LogP contribution in [0, 0.1) is 0 Å². The number of pyridine rings is 1. The smallest absolute Gasteiger partial charge is 0.246 e. The lowest BCUT2D eigenvalue weighted by Crippen LogP contribution is -2.34. The van der Waals surface area contributed by atoms with Gasteiger partial charge in [-0.2, -0.15) is 0 Å². The molecule has 0 saturated heterocycles. The van der Waals surface area contributed by atoms with Crippen molar-refractivity contribution in [2.45, 2.75) is 13.0 Å². The van der Waals surface area contributed by atoms with Gasteiger partial charge in [0.1, 0.15) is 5.65 Å². The highest BCUT2D eigenvalue weighted by Gasteiger charge is 2.22. The molecule has 0 radical (unpaired) electrons. The van der Waals surface area contributed by atoms with Crippen LogP contribution in [0.25, 0.3) is 28.4 Å². The van der Waals surface area contributed by atoms with Crippen molar-refractivity contribution in [3.8, 4) is 22.8 Å². The fourth-order valence-corrected chi connectivity index (χ4v) is 4.57. The number of amides is 1. The van der Waals surface area contributed by atoms with Crippen molar-refractivity contribution in [2.75, 3.05) is 20.6 Å². The quantitative estimate of drug-likeness (QED) is 0.400. The van der Waals surface area contributed by atoms with Crippen LogP contribution in [-0.4, -0.2) is 41.0 Å². The average Bonchev–Trinajstić information content (AvgIpc) is 3.17. The molecule has 0 bridgehead atoms. The second kappa shape index (κ2) is 9.06. The topological polar surface area (TPSA) is 56.6 Å². The SMILES string of the molecule is [2H]C([2H])([2H])Oc1cc2c(cc1OC([2H])([2H])[2H])CN(C(=O)/C=C/c1c(-c3ccccc3)n(C)c3ncccc13)CC2. The molecule has 4 aromatic rings. The van der Waals surface area contributed by atoms with E-state index in [2.05, 4.69) is 4.98 Å². The first kappa shape index (κ1) is 15.7. The number of carbonyl (C=O) groups excluding carboxylic acids is 1. The Kier molecular flexibility index (Phi) is 4.19. The summed E-state index contributed by atoms with van der Waals surface area (Å²) in [5, 5.41) is 0.921. The molecule has 0 aliphatic carbocycles. The Morgan fingerprint density at radius 3 is 2.59 bits per heavy atom. The third-order valence-electron chi connectivity index (χ3n) is 6.23. The Labute approximate surface area is 207 Å². The second-order valence-corrected chi connectivity index (χ2v) is 8.18. The normalized spacial score (nSPS) is 16.7. The molecule has 0 N–H and O–H groups in total. The van der Waals surface area contributed by atoms with Crippen LogP contribution in [0.2, 0.25) is 0 Å². The molecule has 1 aliphatic heterocycles. The zero-order chi connectivity index (χ0) is 28.7. The number of benzene rings is 2. The Balaban J connectivity index is 1.44. The van der Waals surface area contributed by atoms with Gasteiger partial charge < -0.3 is 18.9 Å². The van der Waals surface area contributed by atoms with Crippen LogP contribution in [0.1, 0.15) is 24.9 Å². The molecule has 2 aromatic carbocycles. The number of nitrogens with zero attached hydrogens (tertiary/aromatic N) is 3. The first-order chi connectivity index (χ1) is 18.9. The lowest BCUT2D eigenvalue weighted by molar-refractivity contribution is -0.126. The van der Waals surface area contributed by atoms with Gasteiger partial charge in [-0.15, -0.1) is 0 Å². The first-order valence-electron chi connectivity index (χ1n) is 13.9. The molecule has 34 heavy (non-hydrogen) atoms. The van der Waals surface area contributed by atoms with E-state index >= 15 is 0 Å². The van der Waals surface area contributed by atoms with E-state index < -0.39 is 14.1 Å². The van der Waals surface area contributed by atoms with Crippen LogP contribution < -0.4 is 9.47 Å². The highest BCUT2D eigenvalue weighted by atomic mass is 16.5. The van der Waals surface area contributed by atoms with E-state index in [1.807, 2.05) is 54.1 Å². The molecule has 0 spiro atoms. The van der Waals surface area contributed by atoms with Crippen molar-refractivity contribution in [3.05, 3.63) is 83.6 Å². The van der Waals surface area contributed by atoms with E-state index in [4.69, 9.17) is 17.7 Å². The fourth-order valence-electron chi connectivity index (χ4n) is 4.57. The van der Waals surface area contributed by atoms with E-state index in [1.165, 1.54) is 18.2 Å². The number of carbonyl (C=O) groups is 1. The predicted molar refractivity (Wildman–Crippen MR) is 134 cm³/mol. The van der Waals surface area contributed by atoms with Gasteiger partial charge in [-0.3, -0.25) is 4.79 Å². The van der Waals surface area contributed by atoms with Gasteiger partial charge in [-0.05, 0) is 53.5 Å². The molecule has 0 atom stereocenters. The number of ether oxygens (including phenoxy) is 2. The lowest BCUT2D eigenvalue weighted by Gasteiger charge is -2.28. The van der Waals surface area contributed by atoms with Gasteiger partial charge in [0.15, 0.2) is 11.5 Å². The minimum Gasteiger partial charge on any atom is -0.493 e. The van der Waals surface area contributed by atoms with Gasteiger partial charge in [-0.1, -0.05) is 30.3 Å². The van der Waals surface area contributed by atoms with Gasteiger partial charge in [0.2, 0.25) is 5.91 Å². The summed E-state index contributed by atoms with van der Waals surface area (Å²) in [5.41, 5.74) is 5.04. The van der Waals surface area contributed by atoms with Crippen molar-refractivity contribution >= 4 is 23.0 Å². The number of methoxy groups -OCH3 is 2. The van der Waals surface area contributed by atoms with Crippen LogP contribution in [0.15, 0.2) is 66.9 Å². The van der Waals surface area contributed by atoms with Gasteiger partial charge in [0.05, 0.1) is 28.0 Å². The number of fused-ring (bicyclic) bond motifs is 2. The van der Waals surface area contributed by atoms with Crippen molar-refractivity contribution in [1.29, 1.82) is 0 Å². The monoisotopic (exact) mass is 459 g/mol. The molecular weight excluding hydrogens is 426 g/mol. The van der Waals surface area contributed by atoms with Crippen molar-refractivity contribution in [1.82, 2.24) is 14.5 Å². The molecule has 0 unspecified atom stereocenters. The van der Waals surface area contributed by atoms with Crippen LogP contribution in [0.5, 0.6) is 11.5 Å². The van der Waals surface area contributed by atoms with Crippen LogP contribution in [0.4, 0.5) is 0 Å². The highest BCUT2D eigenvalue weighted by Crippen LogP contribution is 2.35. The van der Waals surface area contributed by atoms with Gasteiger partial charge in [0, 0.05) is 43.4 Å². The summed E-state index contributed by atoms with van der Waals surface area (Å²) in [5.74, 6) is -0.602. The van der Waals surface area contributed by atoms with Crippen molar-refractivity contribution < 1.29 is 22.5 Å². The van der Waals surface area contributed by atoms with Crippen LogP contribution in [0.3, 0.4) is 0 Å². The molecule has 0 saturated carbocycles. The van der Waals surface area contributed by atoms with E-state index in [9.17, 15) is 4.79 Å². The van der Waals surface area contributed by atoms with Gasteiger partial charge in [-0.25, -0.2) is 4.98 Å². The standard InChI is InChI=1S/C28H27N3O3/c1-30-27(19-8-5-4-6-9-19)22(23-10-7-14-29-28(23)30)11-12-26(32)31-15-13-20-16-24(33-2)25(34-3)17-21(20)18-31/h4-12,14,16-17H,13,15,18H2,1-3H3/b12-11+/i2D3,3D3. The molecule has 172 valence electrons. The maximum absolute atomic E-state index is 13.3. The molecular formula is C28H27N3O3. The summed E-state index contributed by atoms with van der Waals surface area (Å²) in [6.45, 7) is 0.595. The van der Waals surface area contributed by atoms with Crippen molar-refractivity contribution in [2.24, 2.45) is 7.05 Å². The summed E-state index contributed by atoms with van der Waals surface area (Å²) in [6.07, 6.45) is 5.51. The molecule has 1 amide bonds. The Hall–Kier alpha value is -4.06. The van der Waals surface area contributed by atoms with E-state index in [0.717, 1.165) is 33.4 Å². The molecule has 5 rings (SSSR count). The number of hydrogen-bond donors (Lipinski definition) is 0. The van der Waals surface area contributed by atoms with Gasteiger partial charge in [0.25, 0.3) is 0 Å². The first-order valence-corrected chi connectivity index (χ1v) is 10.9. The second-order valence-electron chi connectivity index (χ2n) is 8.18. The molecule has 6 nitrogen and oxygen atoms in total. The minimum absolute atomic E-state index is 0.174. The number of hydrogen-bond acceptors (Lipinski definition) is 4. The summed E-state index contributed by atoms with van der Waals surface area (Å²) >= 11 is 0. The highest BCUT2D eigenvalue weighted by molar-refractivity contribution is 6.00. The summed E-state index contributed by atoms with van der Waals surface area (Å²) in [6, 6.07) is 16.7. The zero-order valence-corrected chi connectivity index (χ0v) is 18.6. The zero-order valence-electron chi connectivity index (χ0n) is 24.6. The van der Waals surface area contributed by atoms with Crippen LogP contribution >= 0.6 is 0 Å². The van der Waals surface area contributed by atoms with Crippen molar-refractivity contribution in [3.63, 3.8) is 0 Å². The summed E-state index contributed by atoms with van der Waals surface area (Å²) in [7, 11) is -3.64.